The lowest BCUT2D eigenvalue weighted by atomic mass is 9.89. The number of ether oxygens (including phenoxy) is 2. The Bertz CT molecular complexity index is 912. The molecule has 0 aliphatic carbocycles. The molecule has 1 amide bonds. The van der Waals surface area contributed by atoms with E-state index in [0.717, 1.165) is 35.1 Å². The summed E-state index contributed by atoms with van der Waals surface area (Å²) < 4.78 is 26.2. The van der Waals surface area contributed by atoms with Crippen LogP contribution in [0.15, 0.2) is 48.5 Å². The highest BCUT2D eigenvalue weighted by atomic mass is 19.1. The molecular formula is C24H28FNO4. The molecule has 0 saturated carbocycles. The van der Waals surface area contributed by atoms with E-state index < -0.39 is 12.2 Å². The van der Waals surface area contributed by atoms with E-state index in [2.05, 4.69) is 0 Å². The maximum absolute atomic E-state index is 15.1. The normalized spacial score (nSPS) is 17.2. The third-order valence-electron chi connectivity index (χ3n) is 5.23. The molecule has 6 heteroatoms. The molecule has 1 N–H and O–H groups in total. The van der Waals surface area contributed by atoms with Crippen LogP contribution in [0.5, 0.6) is 0 Å². The third kappa shape index (κ3) is 5.26. The van der Waals surface area contributed by atoms with Gasteiger partial charge in [0.2, 0.25) is 0 Å². The molecule has 1 aliphatic heterocycles. The standard InChI is InChI=1S/C24H28FNO4/c1-17-7-5-8-18(15-17)23-20(10-6-11-21(23)25)19(9-3-4-13-29-2)22-16-26(24(27)28)12-14-30-22/h5-11,15,22H,3-4,12-14,16H2,1-2H3,(H,27,28). The van der Waals surface area contributed by atoms with E-state index >= 15 is 4.39 Å². The van der Waals surface area contributed by atoms with Gasteiger partial charge in [-0.2, -0.15) is 0 Å². The van der Waals surface area contributed by atoms with E-state index in [-0.39, 0.29) is 12.4 Å². The summed E-state index contributed by atoms with van der Waals surface area (Å²) in [5.41, 5.74) is 3.88. The number of unbranched alkanes of at least 4 members (excludes halogenated alkanes) is 1. The zero-order valence-corrected chi connectivity index (χ0v) is 17.4. The van der Waals surface area contributed by atoms with Gasteiger partial charge in [-0.3, -0.25) is 0 Å². The van der Waals surface area contributed by atoms with Crippen molar-refractivity contribution in [2.75, 3.05) is 33.4 Å². The first-order valence-corrected chi connectivity index (χ1v) is 10.2. The smallest absolute Gasteiger partial charge is 0.407 e. The first-order valence-electron chi connectivity index (χ1n) is 10.2. The minimum atomic E-state index is -0.972. The highest BCUT2D eigenvalue weighted by Crippen LogP contribution is 2.35. The van der Waals surface area contributed by atoms with Crippen molar-refractivity contribution in [2.45, 2.75) is 25.9 Å². The van der Waals surface area contributed by atoms with E-state index in [1.807, 2.05) is 43.3 Å². The van der Waals surface area contributed by atoms with Crippen molar-refractivity contribution in [2.24, 2.45) is 0 Å². The second-order valence-corrected chi connectivity index (χ2v) is 7.41. The van der Waals surface area contributed by atoms with Gasteiger partial charge in [-0.05, 0) is 42.5 Å². The molecule has 1 fully saturated rings. The van der Waals surface area contributed by atoms with Gasteiger partial charge in [-0.15, -0.1) is 0 Å². The second-order valence-electron chi connectivity index (χ2n) is 7.41. The molecule has 160 valence electrons. The SMILES string of the molecule is COCCCC=C(c1cccc(F)c1-c1cccc(C)c1)C1CN(C(=O)O)CCO1. The fourth-order valence-electron chi connectivity index (χ4n) is 3.77. The monoisotopic (exact) mass is 413 g/mol. The number of morpholine rings is 1. The third-order valence-corrected chi connectivity index (χ3v) is 5.23. The summed E-state index contributed by atoms with van der Waals surface area (Å²) in [6.07, 6.45) is 2.14. The number of benzene rings is 2. The van der Waals surface area contributed by atoms with E-state index in [0.29, 0.717) is 25.3 Å². The van der Waals surface area contributed by atoms with Crippen LogP contribution in [0.1, 0.15) is 24.0 Å². The minimum Gasteiger partial charge on any atom is -0.465 e. The number of rotatable bonds is 7. The fourth-order valence-corrected chi connectivity index (χ4v) is 3.77. The van der Waals surface area contributed by atoms with Crippen molar-refractivity contribution in [1.29, 1.82) is 0 Å². The Labute approximate surface area is 176 Å². The summed E-state index contributed by atoms with van der Waals surface area (Å²) >= 11 is 0. The van der Waals surface area contributed by atoms with Crippen LogP contribution in [0.2, 0.25) is 0 Å². The molecule has 0 spiro atoms. The number of hydrogen-bond acceptors (Lipinski definition) is 3. The van der Waals surface area contributed by atoms with Crippen LogP contribution in [0.3, 0.4) is 0 Å². The summed E-state index contributed by atoms with van der Waals surface area (Å²) in [5, 5.41) is 9.44. The lowest BCUT2D eigenvalue weighted by molar-refractivity contribution is 0.00679. The van der Waals surface area contributed by atoms with Crippen molar-refractivity contribution in [3.8, 4) is 11.1 Å². The number of allylic oxidation sites excluding steroid dienone is 1. The predicted octanol–water partition coefficient (Wildman–Crippen LogP) is 4.99. The van der Waals surface area contributed by atoms with E-state index in [4.69, 9.17) is 9.47 Å². The molecule has 30 heavy (non-hydrogen) atoms. The van der Waals surface area contributed by atoms with E-state index in [1.54, 1.807) is 13.2 Å². The van der Waals surface area contributed by atoms with Gasteiger partial charge in [0.1, 0.15) is 11.9 Å². The van der Waals surface area contributed by atoms with Gasteiger partial charge in [0.15, 0.2) is 0 Å². The van der Waals surface area contributed by atoms with Crippen molar-refractivity contribution >= 4 is 11.7 Å². The Hall–Kier alpha value is -2.70. The van der Waals surface area contributed by atoms with Crippen LogP contribution in [0.4, 0.5) is 9.18 Å². The highest BCUT2D eigenvalue weighted by Gasteiger charge is 2.29. The van der Waals surface area contributed by atoms with Gasteiger partial charge >= 0.3 is 6.09 Å². The molecule has 1 saturated heterocycles. The van der Waals surface area contributed by atoms with Gasteiger partial charge in [0.05, 0.1) is 13.2 Å². The molecule has 0 aromatic heterocycles. The Kier molecular flexibility index (Phi) is 7.60. The maximum Gasteiger partial charge on any atom is 0.407 e. The average Bonchev–Trinajstić information content (AvgIpc) is 2.74. The molecule has 1 atom stereocenters. The van der Waals surface area contributed by atoms with Crippen LogP contribution in [0.25, 0.3) is 16.7 Å². The summed E-state index contributed by atoms with van der Waals surface area (Å²) in [5.74, 6) is -0.313. The number of nitrogens with zero attached hydrogens (tertiary/aromatic N) is 1. The molecular weight excluding hydrogens is 385 g/mol. The zero-order valence-electron chi connectivity index (χ0n) is 17.4. The van der Waals surface area contributed by atoms with Crippen LogP contribution in [-0.4, -0.2) is 55.6 Å². The Morgan fingerprint density at radius 3 is 2.87 bits per heavy atom. The predicted molar refractivity (Wildman–Crippen MR) is 115 cm³/mol. The minimum absolute atomic E-state index is 0.217. The lowest BCUT2D eigenvalue weighted by Crippen LogP contribution is -2.45. The van der Waals surface area contributed by atoms with E-state index in [1.165, 1.54) is 11.0 Å². The van der Waals surface area contributed by atoms with Crippen LogP contribution >= 0.6 is 0 Å². The number of carbonyl (C=O) groups is 1. The van der Waals surface area contributed by atoms with Gasteiger partial charge in [0.25, 0.3) is 0 Å². The van der Waals surface area contributed by atoms with Gasteiger partial charge in [-0.1, -0.05) is 48.0 Å². The van der Waals surface area contributed by atoms with E-state index in [9.17, 15) is 9.90 Å². The molecule has 2 aromatic carbocycles. The average molecular weight is 413 g/mol. The Balaban J connectivity index is 2.05. The summed E-state index contributed by atoms with van der Waals surface area (Å²) in [6, 6.07) is 12.7. The van der Waals surface area contributed by atoms with Crippen LogP contribution < -0.4 is 0 Å². The number of methoxy groups -OCH3 is 1. The number of hydrogen-bond donors (Lipinski definition) is 1. The van der Waals surface area contributed by atoms with Gasteiger partial charge in [0, 0.05) is 25.8 Å². The van der Waals surface area contributed by atoms with Crippen molar-refractivity contribution in [1.82, 2.24) is 4.90 Å². The fraction of sp³-hybridized carbons (Fsp3) is 0.375. The van der Waals surface area contributed by atoms with Gasteiger partial charge < -0.3 is 19.5 Å². The van der Waals surface area contributed by atoms with Crippen molar-refractivity contribution in [3.63, 3.8) is 0 Å². The second kappa shape index (κ2) is 10.4. The first-order chi connectivity index (χ1) is 14.5. The van der Waals surface area contributed by atoms with Crippen molar-refractivity contribution < 1.29 is 23.8 Å². The molecule has 1 unspecified atom stereocenters. The van der Waals surface area contributed by atoms with Gasteiger partial charge in [-0.25, -0.2) is 9.18 Å². The summed E-state index contributed by atoms with van der Waals surface area (Å²) in [4.78, 5) is 12.9. The number of carboxylic acid groups (broad SMARTS) is 1. The topological polar surface area (TPSA) is 59.0 Å². The number of aryl methyl sites for hydroxylation is 1. The highest BCUT2D eigenvalue weighted by molar-refractivity contribution is 5.84. The maximum atomic E-state index is 15.1. The zero-order chi connectivity index (χ0) is 21.5. The molecule has 2 aromatic rings. The Morgan fingerprint density at radius 1 is 1.33 bits per heavy atom. The quantitative estimate of drug-likeness (QED) is 0.650. The molecule has 1 heterocycles. The van der Waals surface area contributed by atoms with Crippen molar-refractivity contribution in [3.05, 3.63) is 65.5 Å². The summed E-state index contributed by atoms with van der Waals surface area (Å²) in [6.45, 7) is 3.44. The largest absolute Gasteiger partial charge is 0.465 e. The Morgan fingerprint density at radius 2 is 2.13 bits per heavy atom. The molecule has 5 nitrogen and oxygen atoms in total. The lowest BCUT2D eigenvalue weighted by Gasteiger charge is -2.33. The molecule has 1 aliphatic rings. The molecule has 3 rings (SSSR count). The van der Waals surface area contributed by atoms with Crippen LogP contribution in [0, 0.1) is 12.7 Å². The number of halogens is 1. The number of amides is 1. The van der Waals surface area contributed by atoms with Crippen LogP contribution in [-0.2, 0) is 9.47 Å². The summed E-state index contributed by atoms with van der Waals surface area (Å²) in [7, 11) is 1.65. The first kappa shape index (κ1) is 22.0. The molecule has 0 bridgehead atoms. The molecule has 0 radical (unpaired) electrons.